The third-order valence-electron chi connectivity index (χ3n) is 5.05. The minimum Gasteiger partial charge on any atom is -0.361 e. The van der Waals surface area contributed by atoms with Crippen LogP contribution in [0, 0.1) is 13.8 Å². The highest BCUT2D eigenvalue weighted by Crippen LogP contribution is 2.21. The van der Waals surface area contributed by atoms with Crippen molar-refractivity contribution in [3.05, 3.63) is 70.9 Å². The second-order valence-electron chi connectivity index (χ2n) is 7.41. The highest BCUT2D eigenvalue weighted by Gasteiger charge is 2.23. The Bertz CT molecular complexity index is 1010. The molecule has 3 rings (SSSR count). The Morgan fingerprint density at radius 1 is 1.07 bits per heavy atom. The number of nitrogens with one attached hydrogen (secondary N) is 3. The molecule has 2 aromatic carbocycles. The number of fused-ring (bicyclic) bond motifs is 1. The van der Waals surface area contributed by atoms with Gasteiger partial charge >= 0.3 is 0 Å². The summed E-state index contributed by atoms with van der Waals surface area (Å²) >= 11 is 0. The Hall–Kier alpha value is -3.08. The minimum absolute atomic E-state index is 0.147. The summed E-state index contributed by atoms with van der Waals surface area (Å²) in [5, 5.41) is 6.93. The first kappa shape index (κ1) is 19.7. The lowest BCUT2D eigenvalue weighted by Gasteiger charge is -2.22. The Balaban J connectivity index is 1.80. The van der Waals surface area contributed by atoms with E-state index in [1.807, 2.05) is 51.2 Å². The van der Waals surface area contributed by atoms with E-state index in [0.29, 0.717) is 6.42 Å². The van der Waals surface area contributed by atoms with Crippen molar-refractivity contribution in [3.63, 3.8) is 0 Å². The number of hydrogen-bond acceptors (Lipinski definition) is 2. The molecule has 146 valence electrons. The summed E-state index contributed by atoms with van der Waals surface area (Å²) in [5.74, 6) is -0.409. The normalized spacial score (nSPS) is 13.1. The molecule has 0 spiro atoms. The molecule has 2 atom stereocenters. The van der Waals surface area contributed by atoms with Crippen molar-refractivity contribution in [2.45, 2.75) is 46.2 Å². The number of H-pyrrole nitrogens is 1. The molecule has 0 aliphatic carbocycles. The molecule has 0 aliphatic rings. The van der Waals surface area contributed by atoms with Crippen LogP contribution in [0.4, 0.5) is 0 Å². The van der Waals surface area contributed by atoms with Gasteiger partial charge in [-0.15, -0.1) is 0 Å². The van der Waals surface area contributed by atoms with E-state index < -0.39 is 6.04 Å². The standard InChI is InChI=1S/C23H27N3O2/c1-14-9-10-15(2)20(11-14)16(3)25-23(28)22(26-17(4)27)12-18-13-24-21-8-6-5-7-19(18)21/h5-11,13,16,22,24H,12H2,1-4H3,(H,25,28)(H,26,27). The van der Waals surface area contributed by atoms with Gasteiger partial charge in [0.1, 0.15) is 6.04 Å². The number of rotatable bonds is 6. The molecule has 1 heterocycles. The summed E-state index contributed by atoms with van der Waals surface area (Å²) < 4.78 is 0. The van der Waals surface area contributed by atoms with Crippen LogP contribution in [0.3, 0.4) is 0 Å². The monoisotopic (exact) mass is 377 g/mol. The van der Waals surface area contributed by atoms with Gasteiger partial charge in [-0.2, -0.15) is 0 Å². The molecule has 0 saturated carbocycles. The Morgan fingerprint density at radius 3 is 2.57 bits per heavy atom. The first-order valence-corrected chi connectivity index (χ1v) is 9.54. The molecule has 3 N–H and O–H groups in total. The van der Waals surface area contributed by atoms with Crippen molar-refractivity contribution in [2.75, 3.05) is 0 Å². The second kappa shape index (κ2) is 8.30. The van der Waals surface area contributed by atoms with Crippen LogP contribution in [0.2, 0.25) is 0 Å². The van der Waals surface area contributed by atoms with Crippen molar-refractivity contribution < 1.29 is 9.59 Å². The molecule has 5 nitrogen and oxygen atoms in total. The fourth-order valence-corrected chi connectivity index (χ4v) is 3.59. The summed E-state index contributed by atoms with van der Waals surface area (Å²) in [6, 6.07) is 13.4. The van der Waals surface area contributed by atoms with Crippen LogP contribution in [0.25, 0.3) is 10.9 Å². The van der Waals surface area contributed by atoms with E-state index in [4.69, 9.17) is 0 Å². The van der Waals surface area contributed by atoms with E-state index in [0.717, 1.165) is 33.2 Å². The summed E-state index contributed by atoms with van der Waals surface area (Å²) in [6.45, 7) is 7.48. The molecule has 2 unspecified atom stereocenters. The largest absolute Gasteiger partial charge is 0.361 e. The predicted octanol–water partition coefficient (Wildman–Crippen LogP) is 3.71. The van der Waals surface area contributed by atoms with E-state index in [1.54, 1.807) is 0 Å². The molecule has 3 aromatic rings. The van der Waals surface area contributed by atoms with Gasteiger partial charge in [0.25, 0.3) is 0 Å². The number of aryl methyl sites for hydroxylation is 2. The average molecular weight is 377 g/mol. The Kier molecular flexibility index (Phi) is 5.83. The maximum absolute atomic E-state index is 13.0. The number of carbonyl (C=O) groups is 2. The lowest BCUT2D eigenvalue weighted by molar-refractivity contribution is -0.128. The third-order valence-corrected chi connectivity index (χ3v) is 5.05. The van der Waals surface area contributed by atoms with E-state index in [1.165, 1.54) is 6.92 Å². The van der Waals surface area contributed by atoms with E-state index in [-0.39, 0.29) is 17.9 Å². The summed E-state index contributed by atoms with van der Waals surface area (Å²) in [4.78, 5) is 27.9. The van der Waals surface area contributed by atoms with Crippen molar-refractivity contribution in [3.8, 4) is 0 Å². The van der Waals surface area contributed by atoms with Gasteiger partial charge in [0.15, 0.2) is 0 Å². The third kappa shape index (κ3) is 4.42. The topological polar surface area (TPSA) is 74.0 Å². The number of aromatic nitrogens is 1. The number of amides is 2. The maximum atomic E-state index is 13.0. The van der Waals surface area contributed by atoms with E-state index >= 15 is 0 Å². The fraction of sp³-hybridized carbons (Fsp3) is 0.304. The maximum Gasteiger partial charge on any atom is 0.243 e. The van der Waals surface area contributed by atoms with Gasteiger partial charge in [-0.1, -0.05) is 42.0 Å². The van der Waals surface area contributed by atoms with Crippen LogP contribution in [0.15, 0.2) is 48.7 Å². The number of aromatic amines is 1. The van der Waals surface area contributed by atoms with Crippen LogP contribution < -0.4 is 10.6 Å². The number of hydrogen-bond donors (Lipinski definition) is 3. The molecule has 0 aliphatic heterocycles. The molecule has 0 saturated heterocycles. The van der Waals surface area contributed by atoms with E-state index in [2.05, 4.69) is 33.8 Å². The van der Waals surface area contributed by atoms with Crippen molar-refractivity contribution in [1.29, 1.82) is 0 Å². The molecule has 2 amide bonds. The second-order valence-corrected chi connectivity index (χ2v) is 7.41. The lowest BCUT2D eigenvalue weighted by atomic mass is 9.99. The molecule has 0 bridgehead atoms. The van der Waals surface area contributed by atoms with Gasteiger partial charge in [0.2, 0.25) is 11.8 Å². The molecule has 0 radical (unpaired) electrons. The van der Waals surface area contributed by atoms with Crippen molar-refractivity contribution in [2.24, 2.45) is 0 Å². The van der Waals surface area contributed by atoms with Crippen LogP contribution in [0.5, 0.6) is 0 Å². The fourth-order valence-electron chi connectivity index (χ4n) is 3.59. The zero-order chi connectivity index (χ0) is 20.3. The predicted molar refractivity (Wildman–Crippen MR) is 112 cm³/mol. The van der Waals surface area contributed by atoms with Gasteiger partial charge in [0, 0.05) is 30.4 Å². The summed E-state index contributed by atoms with van der Waals surface area (Å²) in [6.07, 6.45) is 2.33. The molecule has 0 fully saturated rings. The number of carbonyl (C=O) groups excluding carboxylic acids is 2. The lowest BCUT2D eigenvalue weighted by Crippen LogP contribution is -2.48. The summed E-state index contributed by atoms with van der Waals surface area (Å²) in [5.41, 5.74) is 5.39. The smallest absolute Gasteiger partial charge is 0.243 e. The van der Waals surface area contributed by atoms with E-state index in [9.17, 15) is 9.59 Å². The molecular weight excluding hydrogens is 350 g/mol. The van der Waals surface area contributed by atoms with Crippen LogP contribution >= 0.6 is 0 Å². The first-order valence-electron chi connectivity index (χ1n) is 9.54. The SMILES string of the molecule is CC(=O)NC(Cc1c[nH]c2ccccc12)C(=O)NC(C)c1cc(C)ccc1C. The van der Waals surface area contributed by atoms with Gasteiger partial charge in [-0.3, -0.25) is 9.59 Å². The molecule has 5 heteroatoms. The molecular formula is C23H27N3O2. The molecule has 1 aromatic heterocycles. The Morgan fingerprint density at radius 2 is 1.82 bits per heavy atom. The van der Waals surface area contributed by atoms with Gasteiger partial charge in [-0.05, 0) is 43.5 Å². The zero-order valence-electron chi connectivity index (χ0n) is 16.8. The van der Waals surface area contributed by atoms with Crippen LogP contribution in [0.1, 0.15) is 42.1 Å². The first-order chi connectivity index (χ1) is 13.3. The number of benzene rings is 2. The van der Waals surface area contributed by atoms with Crippen molar-refractivity contribution >= 4 is 22.7 Å². The Labute approximate surface area is 165 Å². The van der Waals surface area contributed by atoms with Gasteiger partial charge in [-0.25, -0.2) is 0 Å². The zero-order valence-corrected chi connectivity index (χ0v) is 16.8. The highest BCUT2D eigenvalue weighted by atomic mass is 16.2. The van der Waals surface area contributed by atoms with Crippen LogP contribution in [-0.4, -0.2) is 22.8 Å². The average Bonchev–Trinajstić information content (AvgIpc) is 3.05. The van der Waals surface area contributed by atoms with Gasteiger partial charge in [0.05, 0.1) is 6.04 Å². The minimum atomic E-state index is -0.635. The molecule has 28 heavy (non-hydrogen) atoms. The van der Waals surface area contributed by atoms with Gasteiger partial charge < -0.3 is 15.6 Å². The quantitative estimate of drug-likeness (QED) is 0.613. The van der Waals surface area contributed by atoms with Crippen molar-refractivity contribution in [1.82, 2.24) is 15.6 Å². The number of para-hydroxylation sites is 1. The highest BCUT2D eigenvalue weighted by molar-refractivity contribution is 5.89. The van der Waals surface area contributed by atoms with Crippen LogP contribution in [-0.2, 0) is 16.0 Å². The summed E-state index contributed by atoms with van der Waals surface area (Å²) in [7, 11) is 0.